The van der Waals surface area contributed by atoms with Crippen molar-refractivity contribution in [3.8, 4) is 23.1 Å². The SMILES string of the molecule is CNc1cc(F)cc2c1[nH]c1nc(Oc3cncc(-c4nnnn4C)c3)nc(N3CC4CNC(C4)C3)c12. The van der Waals surface area contributed by atoms with Crippen LogP contribution < -0.4 is 20.3 Å². The lowest BCUT2D eigenvalue weighted by Gasteiger charge is -2.32. The van der Waals surface area contributed by atoms with Gasteiger partial charge in [-0.05, 0) is 41.0 Å². The normalized spacial score (nSPS) is 19.2. The first kappa shape index (κ1) is 21.9. The molecule has 6 heterocycles. The number of nitrogens with zero attached hydrogens (tertiary/aromatic N) is 8. The van der Waals surface area contributed by atoms with E-state index >= 15 is 0 Å². The summed E-state index contributed by atoms with van der Waals surface area (Å²) in [4.78, 5) is 19.4. The van der Waals surface area contributed by atoms with Crippen LogP contribution in [-0.4, -0.2) is 72.9 Å². The Balaban J connectivity index is 1.36. The minimum atomic E-state index is -0.328. The number of hydrogen-bond donors (Lipinski definition) is 3. The largest absolute Gasteiger partial charge is 0.423 e. The summed E-state index contributed by atoms with van der Waals surface area (Å²) in [6.07, 6.45) is 4.40. The van der Waals surface area contributed by atoms with E-state index in [0.29, 0.717) is 40.4 Å². The molecule has 188 valence electrons. The van der Waals surface area contributed by atoms with Crippen molar-refractivity contribution in [2.24, 2.45) is 13.0 Å². The maximum absolute atomic E-state index is 14.6. The van der Waals surface area contributed by atoms with E-state index in [1.54, 1.807) is 37.2 Å². The number of hydrogen-bond acceptors (Lipinski definition) is 10. The summed E-state index contributed by atoms with van der Waals surface area (Å²) in [5.74, 6) is 1.93. The number of piperidine rings is 1. The smallest absolute Gasteiger partial charge is 0.326 e. The Labute approximate surface area is 210 Å². The minimum absolute atomic E-state index is 0.168. The fourth-order valence-corrected chi connectivity index (χ4v) is 5.48. The summed E-state index contributed by atoms with van der Waals surface area (Å²) in [6, 6.07) is 5.34. The number of anilines is 2. The van der Waals surface area contributed by atoms with Gasteiger partial charge in [-0.25, -0.2) is 9.07 Å². The number of aromatic nitrogens is 8. The van der Waals surface area contributed by atoms with Crippen molar-refractivity contribution in [3.63, 3.8) is 0 Å². The van der Waals surface area contributed by atoms with Crippen LogP contribution in [0.3, 0.4) is 0 Å². The molecule has 2 fully saturated rings. The number of halogens is 1. The highest BCUT2D eigenvalue weighted by Crippen LogP contribution is 2.39. The summed E-state index contributed by atoms with van der Waals surface area (Å²) in [5, 5.41) is 19.8. The van der Waals surface area contributed by atoms with Gasteiger partial charge in [-0.1, -0.05) is 0 Å². The number of aromatic amines is 1. The molecule has 37 heavy (non-hydrogen) atoms. The fraction of sp³-hybridized carbons (Fsp3) is 0.333. The van der Waals surface area contributed by atoms with Crippen LogP contribution >= 0.6 is 0 Å². The average molecular weight is 502 g/mol. The van der Waals surface area contributed by atoms with E-state index < -0.39 is 0 Å². The minimum Gasteiger partial charge on any atom is -0.423 e. The third-order valence-electron chi connectivity index (χ3n) is 7.09. The van der Waals surface area contributed by atoms with Gasteiger partial charge in [0.25, 0.3) is 0 Å². The van der Waals surface area contributed by atoms with E-state index in [2.05, 4.69) is 46.0 Å². The predicted octanol–water partition coefficient (Wildman–Crippen LogP) is 2.47. The van der Waals surface area contributed by atoms with Crippen LogP contribution in [0.1, 0.15) is 6.42 Å². The molecule has 2 bridgehead atoms. The number of nitrogens with one attached hydrogen (secondary N) is 3. The van der Waals surface area contributed by atoms with Gasteiger partial charge in [0.1, 0.15) is 23.0 Å². The molecular formula is C24H24FN11O. The lowest BCUT2D eigenvalue weighted by Crippen LogP contribution is -2.41. The molecular weight excluding hydrogens is 477 g/mol. The summed E-state index contributed by atoms with van der Waals surface area (Å²) in [5.41, 5.74) is 2.69. The van der Waals surface area contributed by atoms with Gasteiger partial charge in [-0.15, -0.1) is 5.10 Å². The van der Waals surface area contributed by atoms with Crippen LogP contribution in [0.15, 0.2) is 30.6 Å². The van der Waals surface area contributed by atoms with E-state index in [0.717, 1.165) is 48.2 Å². The standard InChI is InChI=1S/C24H24FN11O/c1-26-18-6-14(25)5-17-19-21(29-20(17)18)30-24(31-23(19)36-10-12-3-15(11-36)28-7-12)37-16-4-13(8-27-9-16)22-32-33-34-35(22)2/h4-6,8-9,12,15,26,28H,3,7,10-11H2,1-2H3,(H,29,30,31). The first-order valence-electron chi connectivity index (χ1n) is 12.1. The van der Waals surface area contributed by atoms with Gasteiger partial charge in [-0.2, -0.15) is 9.97 Å². The Morgan fingerprint density at radius 3 is 2.89 bits per heavy atom. The topological polar surface area (TPSA) is 135 Å². The van der Waals surface area contributed by atoms with Gasteiger partial charge in [0.05, 0.1) is 22.8 Å². The first-order chi connectivity index (χ1) is 18.1. The summed E-state index contributed by atoms with van der Waals surface area (Å²) in [7, 11) is 3.52. The highest BCUT2D eigenvalue weighted by atomic mass is 19.1. The monoisotopic (exact) mass is 501 g/mol. The number of aryl methyl sites for hydroxylation is 1. The zero-order valence-electron chi connectivity index (χ0n) is 20.2. The van der Waals surface area contributed by atoms with Crippen LogP contribution in [0.2, 0.25) is 0 Å². The second-order valence-electron chi connectivity index (χ2n) is 9.55. The molecule has 2 saturated heterocycles. The molecule has 7 rings (SSSR count). The second kappa shape index (κ2) is 8.34. The summed E-state index contributed by atoms with van der Waals surface area (Å²) in [6.45, 7) is 2.64. The van der Waals surface area contributed by atoms with E-state index in [1.807, 2.05) is 0 Å². The second-order valence-corrected chi connectivity index (χ2v) is 9.55. The number of rotatable bonds is 5. The number of H-pyrrole nitrogens is 1. The quantitative estimate of drug-likeness (QED) is 0.330. The van der Waals surface area contributed by atoms with Crippen LogP contribution in [0.4, 0.5) is 15.9 Å². The van der Waals surface area contributed by atoms with E-state index in [1.165, 1.54) is 12.1 Å². The number of pyridine rings is 1. The fourth-order valence-electron chi connectivity index (χ4n) is 5.48. The van der Waals surface area contributed by atoms with Gasteiger partial charge in [0, 0.05) is 56.9 Å². The average Bonchev–Trinajstić information content (AvgIpc) is 3.59. The number of tetrazole rings is 1. The van der Waals surface area contributed by atoms with Gasteiger partial charge in [0.2, 0.25) is 0 Å². The van der Waals surface area contributed by atoms with Crippen LogP contribution in [-0.2, 0) is 7.05 Å². The Hall–Kier alpha value is -4.39. The van der Waals surface area contributed by atoms with Crippen LogP contribution in [0.5, 0.6) is 11.8 Å². The number of ether oxygens (including phenoxy) is 1. The highest BCUT2D eigenvalue weighted by Gasteiger charge is 2.34. The third-order valence-corrected chi connectivity index (χ3v) is 7.09. The van der Waals surface area contributed by atoms with Crippen LogP contribution in [0.25, 0.3) is 33.3 Å². The highest BCUT2D eigenvalue weighted by molar-refractivity contribution is 6.14. The van der Waals surface area contributed by atoms with Gasteiger partial charge in [0.15, 0.2) is 5.82 Å². The molecule has 13 heteroatoms. The summed E-state index contributed by atoms with van der Waals surface area (Å²) < 4.78 is 22.3. The zero-order chi connectivity index (χ0) is 25.1. The Kier molecular flexibility index (Phi) is 4.92. The van der Waals surface area contributed by atoms with Crippen molar-refractivity contribution in [3.05, 3.63) is 36.4 Å². The van der Waals surface area contributed by atoms with Crippen molar-refractivity contribution in [2.45, 2.75) is 12.5 Å². The Bertz CT molecular complexity index is 1640. The van der Waals surface area contributed by atoms with Crippen molar-refractivity contribution in [2.75, 3.05) is 36.9 Å². The Morgan fingerprint density at radius 1 is 1.16 bits per heavy atom. The molecule has 2 aliphatic rings. The number of benzene rings is 1. The lowest BCUT2D eigenvalue weighted by atomic mass is 9.99. The predicted molar refractivity (Wildman–Crippen MR) is 135 cm³/mol. The molecule has 0 radical (unpaired) electrons. The van der Waals surface area contributed by atoms with Gasteiger partial charge < -0.3 is 25.3 Å². The maximum atomic E-state index is 14.6. The van der Waals surface area contributed by atoms with Crippen LogP contribution in [0, 0.1) is 11.7 Å². The Morgan fingerprint density at radius 2 is 2.08 bits per heavy atom. The molecule has 0 amide bonds. The van der Waals surface area contributed by atoms with Crippen molar-refractivity contribution < 1.29 is 9.13 Å². The molecule has 1 aromatic carbocycles. The van der Waals surface area contributed by atoms with Crippen molar-refractivity contribution in [1.29, 1.82) is 0 Å². The van der Waals surface area contributed by atoms with E-state index in [4.69, 9.17) is 9.72 Å². The molecule has 3 N–H and O–H groups in total. The maximum Gasteiger partial charge on any atom is 0.326 e. The molecule has 0 spiro atoms. The molecule has 5 aromatic rings. The van der Waals surface area contributed by atoms with E-state index in [9.17, 15) is 4.39 Å². The lowest BCUT2D eigenvalue weighted by molar-refractivity contribution is 0.437. The summed E-state index contributed by atoms with van der Waals surface area (Å²) >= 11 is 0. The first-order valence-corrected chi connectivity index (χ1v) is 12.1. The van der Waals surface area contributed by atoms with E-state index in [-0.39, 0.29) is 11.8 Å². The van der Waals surface area contributed by atoms with Gasteiger partial charge >= 0.3 is 6.01 Å². The molecule has 4 aromatic heterocycles. The third kappa shape index (κ3) is 3.69. The number of fused-ring (bicyclic) bond motifs is 5. The zero-order valence-corrected chi connectivity index (χ0v) is 20.2. The molecule has 2 unspecified atom stereocenters. The molecule has 0 aliphatic carbocycles. The van der Waals surface area contributed by atoms with Crippen molar-refractivity contribution >= 4 is 33.4 Å². The molecule has 2 atom stereocenters. The van der Waals surface area contributed by atoms with Crippen molar-refractivity contribution in [1.82, 2.24) is 45.5 Å². The van der Waals surface area contributed by atoms with Gasteiger partial charge in [-0.3, -0.25) is 4.98 Å². The molecule has 0 saturated carbocycles. The molecule has 12 nitrogen and oxygen atoms in total. The molecule has 2 aliphatic heterocycles.